The third kappa shape index (κ3) is 10.7. The SMILES string of the molecule is C=C/C=C(\C(Cl)=C(/C)C(C)F)c1nc(C(CCCCF)CNC(=O)c2ccc(N)c(C=NC(C)C)c2)cc2c1OCC2(C)C(N)=O.COC. The maximum Gasteiger partial charge on any atom is 0.251 e. The molecule has 0 aliphatic carbocycles. The molecule has 1 aromatic carbocycles. The fourth-order valence-corrected chi connectivity index (χ4v) is 5.28. The summed E-state index contributed by atoms with van der Waals surface area (Å²) in [7, 11) is 3.25. The Hall–Kier alpha value is -4.09. The molecular weight excluding hydrogens is 652 g/mol. The number of amides is 2. The number of nitrogens with zero attached hydrogens (tertiary/aromatic N) is 2. The Bertz CT molecular complexity index is 1570. The van der Waals surface area contributed by atoms with E-state index in [1.165, 1.54) is 13.0 Å². The van der Waals surface area contributed by atoms with E-state index in [2.05, 4.69) is 21.6 Å². The van der Waals surface area contributed by atoms with E-state index in [0.717, 1.165) is 0 Å². The number of halogens is 3. The molecule has 0 saturated carbocycles. The third-order valence-corrected chi connectivity index (χ3v) is 8.58. The summed E-state index contributed by atoms with van der Waals surface area (Å²) in [6, 6.07) is 6.76. The van der Waals surface area contributed by atoms with Crippen LogP contribution < -0.4 is 21.5 Å². The maximum atomic E-state index is 14.4. The number of methoxy groups -OCH3 is 1. The van der Waals surface area contributed by atoms with Crippen molar-refractivity contribution in [3.05, 3.63) is 81.7 Å². The molecule has 0 saturated heterocycles. The van der Waals surface area contributed by atoms with Crippen molar-refractivity contribution in [1.82, 2.24) is 10.3 Å². The zero-order valence-electron chi connectivity index (χ0n) is 29.5. The Kier molecular flexibility index (Phi) is 16.1. The predicted octanol–water partition coefficient (Wildman–Crippen LogP) is 6.98. The molecule has 1 aromatic heterocycles. The van der Waals surface area contributed by atoms with Gasteiger partial charge < -0.3 is 26.3 Å². The number of anilines is 1. The molecule has 0 radical (unpaired) electrons. The van der Waals surface area contributed by atoms with Crippen molar-refractivity contribution in [2.45, 2.75) is 77.4 Å². The largest absolute Gasteiger partial charge is 0.489 e. The predicted molar refractivity (Wildman–Crippen MR) is 195 cm³/mol. The molecule has 2 amide bonds. The molecule has 2 aromatic rings. The zero-order chi connectivity index (χ0) is 36.9. The van der Waals surface area contributed by atoms with Gasteiger partial charge in [0, 0.05) is 72.6 Å². The van der Waals surface area contributed by atoms with E-state index in [1.807, 2.05) is 13.8 Å². The van der Waals surface area contributed by atoms with Gasteiger partial charge in [0.05, 0.1) is 11.7 Å². The fraction of sp³-hybridized carbons (Fsp3) is 0.459. The summed E-state index contributed by atoms with van der Waals surface area (Å²) in [6.07, 6.45) is 4.72. The second kappa shape index (κ2) is 19.2. The smallest absolute Gasteiger partial charge is 0.251 e. The number of hydrogen-bond acceptors (Lipinski definition) is 7. The van der Waals surface area contributed by atoms with Gasteiger partial charge in [-0.3, -0.25) is 19.0 Å². The zero-order valence-corrected chi connectivity index (χ0v) is 30.3. The van der Waals surface area contributed by atoms with E-state index in [0.29, 0.717) is 58.7 Å². The van der Waals surface area contributed by atoms with Gasteiger partial charge in [0.25, 0.3) is 5.91 Å². The van der Waals surface area contributed by atoms with Crippen LogP contribution in [0.5, 0.6) is 5.75 Å². The molecule has 0 fully saturated rings. The number of benzene rings is 1. The maximum absolute atomic E-state index is 14.4. The lowest BCUT2D eigenvalue weighted by Crippen LogP contribution is -2.40. The molecule has 3 atom stereocenters. The summed E-state index contributed by atoms with van der Waals surface area (Å²) in [4.78, 5) is 35.4. The van der Waals surface area contributed by atoms with Gasteiger partial charge >= 0.3 is 0 Å². The average Bonchev–Trinajstić information content (AvgIpc) is 3.41. The van der Waals surface area contributed by atoms with E-state index in [1.54, 1.807) is 64.6 Å². The highest BCUT2D eigenvalue weighted by Crippen LogP contribution is 2.46. The number of aliphatic imine (C=N–C) groups is 1. The summed E-state index contributed by atoms with van der Waals surface area (Å²) in [5.41, 5.74) is 14.2. The van der Waals surface area contributed by atoms with Crippen molar-refractivity contribution in [1.29, 1.82) is 0 Å². The van der Waals surface area contributed by atoms with Gasteiger partial charge in [-0.1, -0.05) is 36.8 Å². The van der Waals surface area contributed by atoms with E-state index in [4.69, 9.17) is 32.8 Å². The van der Waals surface area contributed by atoms with Gasteiger partial charge in [-0.25, -0.2) is 9.37 Å². The highest BCUT2D eigenvalue weighted by Gasteiger charge is 2.44. The van der Waals surface area contributed by atoms with Crippen LogP contribution in [0, 0.1) is 0 Å². The van der Waals surface area contributed by atoms with Crippen LogP contribution in [0.4, 0.5) is 14.5 Å². The lowest BCUT2D eigenvalue weighted by molar-refractivity contribution is -0.123. The summed E-state index contributed by atoms with van der Waals surface area (Å²) in [5, 5.41) is 3.11. The standard InChI is InChI=1S/C35H44ClF2N5O3.C2H6O/c1-7-10-26(30(36)21(4)22(5)38)31-32-27(35(6,19-46-32)34(40)45)16-29(43-31)24(11-8-9-14-37)17-42-33(44)23-12-13-28(39)25(15-23)18-41-20(2)3;1-3-2/h7,10,12-13,15-16,18,20,22,24H,1,8-9,11,14,17,19,39H2,2-6H3,(H2,40,45)(H,42,44);1-2H3/b26-10+,30-21-,41-18?;. The Labute approximate surface area is 293 Å². The van der Waals surface area contributed by atoms with Gasteiger partial charge in [-0.15, -0.1) is 0 Å². The number of carbonyl (C=O) groups excluding carboxylic acids is 2. The number of nitrogens with one attached hydrogen (secondary N) is 1. The minimum absolute atomic E-state index is 0.0279. The number of primary amides is 1. The summed E-state index contributed by atoms with van der Waals surface area (Å²) >= 11 is 6.73. The van der Waals surface area contributed by atoms with Gasteiger partial charge in [0.2, 0.25) is 5.91 Å². The number of pyridine rings is 1. The monoisotopic (exact) mass is 701 g/mol. The van der Waals surface area contributed by atoms with Crippen LogP contribution in [-0.4, -0.2) is 69.3 Å². The van der Waals surface area contributed by atoms with Crippen molar-refractivity contribution in [2.75, 3.05) is 39.8 Å². The molecule has 3 rings (SSSR count). The number of carbonyl (C=O) groups is 2. The number of unbranched alkanes of at least 4 members (excludes halogenated alkanes) is 1. The number of alkyl halides is 2. The number of fused-ring (bicyclic) bond motifs is 1. The van der Waals surface area contributed by atoms with Crippen molar-refractivity contribution in [2.24, 2.45) is 10.7 Å². The topological polar surface area (TPSA) is 142 Å². The number of aromatic nitrogens is 1. The number of rotatable bonds is 15. The number of allylic oxidation sites excluding steroid dienone is 5. The van der Waals surface area contributed by atoms with E-state index in [-0.39, 0.29) is 41.4 Å². The molecule has 0 bridgehead atoms. The first-order valence-electron chi connectivity index (χ1n) is 16.2. The second-order valence-corrected chi connectivity index (χ2v) is 12.8. The van der Waals surface area contributed by atoms with Crippen LogP contribution in [0.3, 0.4) is 0 Å². The van der Waals surface area contributed by atoms with E-state index < -0.39 is 30.1 Å². The average molecular weight is 702 g/mol. The first-order valence-corrected chi connectivity index (χ1v) is 16.5. The van der Waals surface area contributed by atoms with Gasteiger partial charge in [0.15, 0.2) is 0 Å². The number of ether oxygens (including phenoxy) is 2. The van der Waals surface area contributed by atoms with Crippen LogP contribution in [0.15, 0.2) is 58.6 Å². The van der Waals surface area contributed by atoms with Gasteiger partial charge in [-0.05, 0) is 77.3 Å². The van der Waals surface area contributed by atoms with E-state index >= 15 is 0 Å². The summed E-state index contributed by atoms with van der Waals surface area (Å²) in [5.74, 6) is -1.03. The molecule has 3 unspecified atom stereocenters. The Morgan fingerprint density at radius 1 is 1.24 bits per heavy atom. The molecule has 1 aliphatic heterocycles. The lowest BCUT2D eigenvalue weighted by atomic mass is 9.82. The van der Waals surface area contributed by atoms with Gasteiger partial charge in [-0.2, -0.15) is 0 Å². The Morgan fingerprint density at radius 3 is 2.49 bits per heavy atom. The van der Waals surface area contributed by atoms with Crippen molar-refractivity contribution < 1.29 is 27.8 Å². The Balaban J connectivity index is 0.00000267. The van der Waals surface area contributed by atoms with Crippen LogP contribution in [0.25, 0.3) is 5.57 Å². The lowest BCUT2D eigenvalue weighted by Gasteiger charge is -2.23. The number of nitrogen functional groups attached to an aromatic ring is 1. The first kappa shape index (κ1) is 41.1. The minimum atomic E-state index is -1.34. The quantitative estimate of drug-likeness (QED) is 0.0792. The van der Waals surface area contributed by atoms with Crippen molar-refractivity contribution >= 4 is 40.9 Å². The normalized spacial score (nSPS) is 17.4. The molecular formula is C37H50ClF2N5O4. The third-order valence-electron chi connectivity index (χ3n) is 8.08. The van der Waals surface area contributed by atoms with E-state index in [9.17, 15) is 18.4 Å². The number of nitrogens with two attached hydrogens (primary N) is 2. The molecule has 268 valence electrons. The Morgan fingerprint density at radius 2 is 1.92 bits per heavy atom. The van der Waals surface area contributed by atoms with Crippen molar-refractivity contribution in [3.8, 4) is 5.75 Å². The van der Waals surface area contributed by atoms with Crippen LogP contribution >= 0.6 is 11.6 Å². The number of hydrogen-bond donors (Lipinski definition) is 3. The van der Waals surface area contributed by atoms with Gasteiger partial charge in [0.1, 0.15) is 29.6 Å². The van der Waals surface area contributed by atoms with Crippen LogP contribution in [-0.2, 0) is 14.9 Å². The summed E-state index contributed by atoms with van der Waals surface area (Å²) < 4.78 is 37.8. The van der Waals surface area contributed by atoms with Crippen molar-refractivity contribution in [3.63, 3.8) is 0 Å². The minimum Gasteiger partial charge on any atom is -0.489 e. The van der Waals surface area contributed by atoms with Crippen LogP contribution in [0.2, 0.25) is 0 Å². The molecule has 9 nitrogen and oxygen atoms in total. The molecule has 2 heterocycles. The fourth-order valence-electron chi connectivity index (χ4n) is 4.97. The molecule has 1 aliphatic rings. The first-order chi connectivity index (χ1) is 23.2. The highest BCUT2D eigenvalue weighted by molar-refractivity contribution is 6.37. The molecule has 49 heavy (non-hydrogen) atoms. The molecule has 5 N–H and O–H groups in total. The highest BCUT2D eigenvalue weighted by atomic mass is 35.5. The summed E-state index contributed by atoms with van der Waals surface area (Å²) in [6.45, 7) is 11.9. The molecule has 0 spiro atoms. The van der Waals surface area contributed by atoms with Crippen LogP contribution in [0.1, 0.15) is 92.7 Å². The molecule has 12 heteroatoms. The second-order valence-electron chi connectivity index (χ2n) is 12.4.